The Hall–Kier alpha value is -4.13. The van der Waals surface area contributed by atoms with Crippen LogP contribution in [0, 0.1) is 0 Å². The zero-order chi connectivity index (χ0) is 21.8. The largest absolute Gasteiger partial charge is 0.463 e. The Morgan fingerprint density at radius 3 is 2.42 bits per heavy atom. The van der Waals surface area contributed by atoms with Gasteiger partial charge < -0.3 is 10.4 Å². The average molecular weight is 414 g/mol. The second-order valence-corrected chi connectivity index (χ2v) is 7.00. The monoisotopic (exact) mass is 414 g/mol. The smallest absolute Gasteiger partial charge is 0.432 e. The topological polar surface area (TPSA) is 87.5 Å². The number of carboxylic acid groups (broad SMARTS) is 1. The lowest BCUT2D eigenvalue weighted by Gasteiger charge is -2.19. The quantitative estimate of drug-likeness (QED) is 0.483. The van der Waals surface area contributed by atoms with Gasteiger partial charge in [0.1, 0.15) is 0 Å². The fourth-order valence-corrected chi connectivity index (χ4v) is 3.55. The van der Waals surface area contributed by atoms with Crippen molar-refractivity contribution in [2.45, 2.75) is 13.5 Å². The summed E-state index contributed by atoms with van der Waals surface area (Å²) in [4.78, 5) is 25.9. The standard InChI is InChI=1S/C24H22N4O3/c1-2-27(22-20-13-6-7-14-21(20)28(26-22)24(30)31)23(29)25-16-17-9-8-12-19(15-17)18-10-4-3-5-11-18/h3-15H,2,16H2,1H3,(H,25,29)(H,30,31). The molecule has 0 saturated carbocycles. The lowest BCUT2D eigenvalue weighted by atomic mass is 10.0. The fraction of sp³-hybridized carbons (Fsp3) is 0.125. The predicted molar refractivity (Wildman–Crippen MR) is 120 cm³/mol. The number of para-hydroxylation sites is 1. The summed E-state index contributed by atoms with van der Waals surface area (Å²) in [5.74, 6) is 0.316. The molecule has 2 N–H and O–H groups in total. The van der Waals surface area contributed by atoms with Crippen LogP contribution in [0.4, 0.5) is 15.4 Å². The molecule has 1 aromatic heterocycles. The maximum Gasteiger partial charge on any atom is 0.432 e. The molecule has 4 aromatic rings. The molecule has 0 spiro atoms. The lowest BCUT2D eigenvalue weighted by Crippen LogP contribution is -2.40. The number of nitrogens with one attached hydrogen (secondary N) is 1. The number of fused-ring (bicyclic) bond motifs is 1. The Balaban J connectivity index is 1.55. The van der Waals surface area contributed by atoms with Gasteiger partial charge in [-0.15, -0.1) is 5.10 Å². The van der Waals surface area contributed by atoms with Crippen LogP contribution in [-0.2, 0) is 6.54 Å². The highest BCUT2D eigenvalue weighted by Crippen LogP contribution is 2.26. The molecule has 0 aliphatic carbocycles. The first-order chi connectivity index (χ1) is 15.1. The van der Waals surface area contributed by atoms with Crippen LogP contribution in [0.3, 0.4) is 0 Å². The van der Waals surface area contributed by atoms with Crippen LogP contribution in [0.1, 0.15) is 12.5 Å². The number of aromatic nitrogens is 2. The highest BCUT2D eigenvalue weighted by Gasteiger charge is 2.22. The highest BCUT2D eigenvalue weighted by atomic mass is 16.4. The third-order valence-electron chi connectivity index (χ3n) is 5.04. The number of nitrogens with zero attached hydrogens (tertiary/aromatic N) is 3. The first-order valence-corrected chi connectivity index (χ1v) is 9.99. The molecule has 0 aliphatic rings. The molecule has 7 nitrogen and oxygen atoms in total. The second-order valence-electron chi connectivity index (χ2n) is 7.00. The van der Waals surface area contributed by atoms with Gasteiger partial charge in [0.2, 0.25) is 0 Å². The summed E-state index contributed by atoms with van der Waals surface area (Å²) in [6, 6.07) is 24.6. The first-order valence-electron chi connectivity index (χ1n) is 9.99. The van der Waals surface area contributed by atoms with E-state index in [1.807, 2.05) is 61.5 Å². The molecule has 0 fully saturated rings. The van der Waals surface area contributed by atoms with E-state index in [2.05, 4.69) is 10.4 Å². The Labute approximate surface area is 179 Å². The van der Waals surface area contributed by atoms with E-state index in [4.69, 9.17) is 0 Å². The van der Waals surface area contributed by atoms with Crippen molar-refractivity contribution in [1.82, 2.24) is 15.1 Å². The summed E-state index contributed by atoms with van der Waals surface area (Å²) < 4.78 is 0.893. The van der Waals surface area contributed by atoms with Crippen molar-refractivity contribution in [3.8, 4) is 11.1 Å². The average Bonchev–Trinajstić information content (AvgIpc) is 3.19. The molecular weight excluding hydrogens is 392 g/mol. The molecule has 3 aromatic carbocycles. The number of hydrogen-bond donors (Lipinski definition) is 2. The highest BCUT2D eigenvalue weighted by molar-refractivity contribution is 6.02. The number of amides is 2. The Morgan fingerprint density at radius 2 is 1.68 bits per heavy atom. The van der Waals surface area contributed by atoms with Crippen molar-refractivity contribution < 1.29 is 14.7 Å². The van der Waals surface area contributed by atoms with Gasteiger partial charge >= 0.3 is 12.1 Å². The van der Waals surface area contributed by atoms with Crippen molar-refractivity contribution in [2.24, 2.45) is 0 Å². The van der Waals surface area contributed by atoms with Gasteiger partial charge in [0.25, 0.3) is 0 Å². The number of carbonyl (C=O) groups excluding carboxylic acids is 1. The number of benzene rings is 3. The molecule has 4 rings (SSSR count). The van der Waals surface area contributed by atoms with Gasteiger partial charge in [-0.2, -0.15) is 4.68 Å². The van der Waals surface area contributed by atoms with E-state index in [-0.39, 0.29) is 6.03 Å². The number of carbonyl (C=O) groups is 2. The normalized spacial score (nSPS) is 10.7. The first kappa shape index (κ1) is 20.2. The van der Waals surface area contributed by atoms with Crippen LogP contribution in [-0.4, -0.2) is 33.6 Å². The fourth-order valence-electron chi connectivity index (χ4n) is 3.55. The van der Waals surface area contributed by atoms with Crippen molar-refractivity contribution in [3.63, 3.8) is 0 Å². The van der Waals surface area contributed by atoms with Crippen molar-refractivity contribution in [1.29, 1.82) is 0 Å². The minimum atomic E-state index is -1.20. The lowest BCUT2D eigenvalue weighted by molar-refractivity contribution is 0.194. The van der Waals surface area contributed by atoms with Gasteiger partial charge in [-0.25, -0.2) is 9.59 Å². The van der Waals surface area contributed by atoms with E-state index in [0.717, 1.165) is 21.4 Å². The Kier molecular flexibility index (Phi) is 5.66. The van der Waals surface area contributed by atoms with Crippen LogP contribution in [0.15, 0.2) is 78.9 Å². The third kappa shape index (κ3) is 4.11. The molecule has 156 valence electrons. The maximum atomic E-state index is 12.9. The molecule has 31 heavy (non-hydrogen) atoms. The van der Waals surface area contributed by atoms with Crippen LogP contribution < -0.4 is 10.2 Å². The molecule has 0 aliphatic heterocycles. The summed E-state index contributed by atoms with van der Waals surface area (Å²) >= 11 is 0. The van der Waals surface area contributed by atoms with Gasteiger partial charge in [0.15, 0.2) is 5.82 Å². The van der Waals surface area contributed by atoms with E-state index in [1.54, 1.807) is 24.3 Å². The number of rotatable bonds is 5. The predicted octanol–water partition coefficient (Wildman–Crippen LogP) is 4.97. The summed E-state index contributed by atoms with van der Waals surface area (Å²) in [6.07, 6.45) is -1.20. The van der Waals surface area contributed by atoms with Crippen LogP contribution in [0.2, 0.25) is 0 Å². The SMILES string of the molecule is CCN(C(=O)NCc1cccc(-c2ccccc2)c1)c1nn(C(=O)O)c2ccccc12. The molecule has 2 amide bonds. The zero-order valence-electron chi connectivity index (χ0n) is 17.0. The minimum Gasteiger partial charge on any atom is -0.463 e. The van der Waals surface area contributed by atoms with E-state index in [1.165, 1.54) is 4.90 Å². The van der Waals surface area contributed by atoms with Gasteiger partial charge in [-0.3, -0.25) is 4.90 Å². The third-order valence-corrected chi connectivity index (χ3v) is 5.04. The molecule has 0 atom stereocenters. The summed E-state index contributed by atoms with van der Waals surface area (Å²) in [5.41, 5.74) is 3.58. The summed E-state index contributed by atoms with van der Waals surface area (Å²) in [6.45, 7) is 2.51. The Morgan fingerprint density at radius 1 is 0.968 bits per heavy atom. The molecule has 1 heterocycles. The van der Waals surface area contributed by atoms with Crippen molar-refractivity contribution >= 4 is 28.8 Å². The molecular formula is C24H22N4O3. The van der Waals surface area contributed by atoms with Crippen LogP contribution >= 0.6 is 0 Å². The molecule has 7 heteroatoms. The van der Waals surface area contributed by atoms with Gasteiger partial charge in [0, 0.05) is 18.5 Å². The van der Waals surface area contributed by atoms with Crippen LogP contribution in [0.5, 0.6) is 0 Å². The molecule has 0 bridgehead atoms. The number of anilines is 1. The molecule has 0 saturated heterocycles. The van der Waals surface area contributed by atoms with Gasteiger partial charge in [-0.05, 0) is 41.8 Å². The van der Waals surface area contributed by atoms with Crippen molar-refractivity contribution in [3.05, 3.63) is 84.4 Å². The van der Waals surface area contributed by atoms with Gasteiger partial charge in [0.05, 0.1) is 5.52 Å². The molecule has 0 unspecified atom stereocenters. The van der Waals surface area contributed by atoms with E-state index in [9.17, 15) is 14.7 Å². The minimum absolute atomic E-state index is 0.316. The van der Waals surface area contributed by atoms with Crippen LogP contribution in [0.25, 0.3) is 22.0 Å². The van der Waals surface area contributed by atoms with E-state index < -0.39 is 6.09 Å². The number of urea groups is 1. The summed E-state index contributed by atoms with van der Waals surface area (Å²) in [5, 5.41) is 17.1. The van der Waals surface area contributed by atoms with Gasteiger partial charge in [-0.1, -0.05) is 60.7 Å². The Bertz CT molecular complexity index is 1230. The maximum absolute atomic E-state index is 12.9. The zero-order valence-corrected chi connectivity index (χ0v) is 17.0. The number of hydrogen-bond acceptors (Lipinski definition) is 3. The van der Waals surface area contributed by atoms with E-state index >= 15 is 0 Å². The summed E-state index contributed by atoms with van der Waals surface area (Å²) in [7, 11) is 0. The molecule has 0 radical (unpaired) electrons. The second kappa shape index (κ2) is 8.71. The van der Waals surface area contributed by atoms with E-state index in [0.29, 0.717) is 29.8 Å². The van der Waals surface area contributed by atoms with Crippen molar-refractivity contribution in [2.75, 3.05) is 11.4 Å².